The lowest BCUT2D eigenvalue weighted by Gasteiger charge is -2.17. The summed E-state index contributed by atoms with van der Waals surface area (Å²) < 4.78 is 16.1. The van der Waals surface area contributed by atoms with Gasteiger partial charge in [0.15, 0.2) is 11.5 Å². The monoisotopic (exact) mass is 488 g/mol. The molecule has 4 rings (SSSR count). The Morgan fingerprint density at radius 1 is 0.944 bits per heavy atom. The van der Waals surface area contributed by atoms with E-state index in [0.29, 0.717) is 48.0 Å². The summed E-state index contributed by atoms with van der Waals surface area (Å²) in [7, 11) is 3.16. The highest BCUT2D eigenvalue weighted by atomic mass is 16.5. The summed E-state index contributed by atoms with van der Waals surface area (Å²) in [6.45, 7) is 0.810. The van der Waals surface area contributed by atoms with Gasteiger partial charge in [0, 0.05) is 30.8 Å². The van der Waals surface area contributed by atoms with Crippen LogP contribution in [0.5, 0.6) is 17.2 Å². The van der Waals surface area contributed by atoms with Crippen LogP contribution in [0, 0.1) is 5.92 Å². The zero-order chi connectivity index (χ0) is 25.5. The minimum atomic E-state index is -0.527. The van der Waals surface area contributed by atoms with Crippen molar-refractivity contribution in [1.29, 1.82) is 0 Å². The Morgan fingerprint density at radius 3 is 2.36 bits per heavy atom. The normalized spacial score (nSPS) is 14.9. The van der Waals surface area contributed by atoms with E-state index in [0.717, 1.165) is 5.56 Å². The van der Waals surface area contributed by atoms with E-state index in [1.54, 1.807) is 67.7 Å². The molecule has 36 heavy (non-hydrogen) atoms. The van der Waals surface area contributed by atoms with Gasteiger partial charge in [0.2, 0.25) is 5.91 Å². The molecule has 8 heteroatoms. The Labute approximate surface area is 209 Å². The third-order valence-corrected chi connectivity index (χ3v) is 6.03. The first-order chi connectivity index (χ1) is 17.5. The highest BCUT2D eigenvalue weighted by Crippen LogP contribution is 2.28. The molecule has 1 unspecified atom stereocenters. The SMILES string of the molecule is COc1ccc(CCN2CC(C(=O)Oc3ccc(NC(=O)c4ccccc4)cc3)CC2=O)cc1OC. The number of anilines is 1. The van der Waals surface area contributed by atoms with Gasteiger partial charge in [0.25, 0.3) is 5.91 Å². The molecule has 1 atom stereocenters. The largest absolute Gasteiger partial charge is 0.493 e. The van der Waals surface area contributed by atoms with Crippen molar-refractivity contribution >= 4 is 23.5 Å². The first-order valence-corrected chi connectivity index (χ1v) is 11.6. The molecular weight excluding hydrogens is 460 g/mol. The number of hydrogen-bond donors (Lipinski definition) is 1. The van der Waals surface area contributed by atoms with E-state index in [-0.39, 0.29) is 18.2 Å². The fourth-order valence-corrected chi connectivity index (χ4v) is 4.04. The lowest BCUT2D eigenvalue weighted by Crippen LogP contribution is -2.29. The molecule has 2 amide bonds. The predicted octanol–water partition coefficient (Wildman–Crippen LogP) is 3.95. The topological polar surface area (TPSA) is 94.2 Å². The number of nitrogens with zero attached hydrogens (tertiary/aromatic N) is 1. The minimum Gasteiger partial charge on any atom is -0.493 e. The third kappa shape index (κ3) is 6.02. The Kier molecular flexibility index (Phi) is 7.85. The lowest BCUT2D eigenvalue weighted by atomic mass is 10.1. The van der Waals surface area contributed by atoms with Crippen LogP contribution in [0.3, 0.4) is 0 Å². The van der Waals surface area contributed by atoms with Crippen molar-refractivity contribution in [2.24, 2.45) is 5.92 Å². The second-order valence-corrected chi connectivity index (χ2v) is 8.45. The van der Waals surface area contributed by atoms with Gasteiger partial charge < -0.3 is 24.4 Å². The van der Waals surface area contributed by atoms with E-state index in [2.05, 4.69) is 5.32 Å². The molecule has 0 saturated carbocycles. The maximum Gasteiger partial charge on any atom is 0.316 e. The van der Waals surface area contributed by atoms with E-state index in [1.807, 2.05) is 24.3 Å². The maximum atomic E-state index is 12.7. The number of nitrogens with one attached hydrogen (secondary N) is 1. The Bertz CT molecular complexity index is 1230. The standard InChI is InChI=1S/C28H28N2O6/c1-34-24-13-8-19(16-25(24)35-2)14-15-30-18-21(17-26(30)31)28(33)36-23-11-9-22(10-12-23)29-27(32)20-6-4-3-5-7-20/h3-13,16,21H,14-15,17-18H2,1-2H3,(H,29,32). The van der Waals surface area contributed by atoms with E-state index in [9.17, 15) is 14.4 Å². The number of carbonyl (C=O) groups is 3. The summed E-state index contributed by atoms with van der Waals surface area (Å²) in [5.74, 6) is 0.365. The number of methoxy groups -OCH3 is 2. The summed E-state index contributed by atoms with van der Waals surface area (Å²) in [5.41, 5.74) is 2.14. The maximum absolute atomic E-state index is 12.7. The van der Waals surface area contributed by atoms with Gasteiger partial charge in [-0.15, -0.1) is 0 Å². The number of ether oxygens (including phenoxy) is 3. The number of rotatable bonds is 9. The van der Waals surface area contributed by atoms with Crippen LogP contribution in [0.25, 0.3) is 0 Å². The molecule has 1 aliphatic rings. The van der Waals surface area contributed by atoms with Crippen LogP contribution in [-0.2, 0) is 16.0 Å². The predicted molar refractivity (Wildman–Crippen MR) is 134 cm³/mol. The van der Waals surface area contributed by atoms with Crippen LogP contribution in [0.2, 0.25) is 0 Å². The van der Waals surface area contributed by atoms with Crippen LogP contribution in [0.4, 0.5) is 5.69 Å². The number of hydrogen-bond acceptors (Lipinski definition) is 6. The summed E-state index contributed by atoms with van der Waals surface area (Å²) in [4.78, 5) is 39.1. The molecule has 0 spiro atoms. The molecule has 1 N–H and O–H groups in total. The van der Waals surface area contributed by atoms with Crippen LogP contribution >= 0.6 is 0 Å². The van der Waals surface area contributed by atoms with Crippen molar-refractivity contribution in [3.63, 3.8) is 0 Å². The van der Waals surface area contributed by atoms with Crippen molar-refractivity contribution in [3.8, 4) is 17.2 Å². The molecule has 1 heterocycles. The van der Waals surface area contributed by atoms with Gasteiger partial charge in [0.1, 0.15) is 5.75 Å². The molecule has 0 radical (unpaired) electrons. The third-order valence-electron chi connectivity index (χ3n) is 6.03. The first-order valence-electron chi connectivity index (χ1n) is 11.6. The average molecular weight is 489 g/mol. The second kappa shape index (κ2) is 11.4. The van der Waals surface area contributed by atoms with Crippen LogP contribution < -0.4 is 19.5 Å². The van der Waals surface area contributed by atoms with Gasteiger partial charge in [-0.25, -0.2) is 0 Å². The summed E-state index contributed by atoms with van der Waals surface area (Å²) >= 11 is 0. The summed E-state index contributed by atoms with van der Waals surface area (Å²) in [5, 5.41) is 2.80. The Hall–Kier alpha value is -4.33. The molecule has 0 aromatic heterocycles. The van der Waals surface area contributed by atoms with E-state index in [1.165, 1.54) is 0 Å². The molecule has 1 fully saturated rings. The quantitative estimate of drug-likeness (QED) is 0.362. The van der Waals surface area contributed by atoms with Crippen LogP contribution in [0.15, 0.2) is 72.8 Å². The fourth-order valence-electron chi connectivity index (χ4n) is 4.04. The van der Waals surface area contributed by atoms with E-state index in [4.69, 9.17) is 14.2 Å². The molecule has 3 aromatic rings. The summed E-state index contributed by atoms with van der Waals surface area (Å²) in [6, 6.07) is 21.1. The molecular formula is C28H28N2O6. The average Bonchev–Trinajstić information content (AvgIpc) is 3.29. The fraction of sp³-hybridized carbons (Fsp3) is 0.250. The lowest BCUT2D eigenvalue weighted by molar-refractivity contribution is -0.139. The van der Waals surface area contributed by atoms with Gasteiger partial charge in [-0.05, 0) is 60.5 Å². The van der Waals surface area contributed by atoms with Crippen molar-refractivity contribution in [3.05, 3.63) is 83.9 Å². The second-order valence-electron chi connectivity index (χ2n) is 8.45. The van der Waals surface area contributed by atoms with Crippen LogP contribution in [-0.4, -0.2) is 50.0 Å². The zero-order valence-corrected chi connectivity index (χ0v) is 20.2. The van der Waals surface area contributed by atoms with Crippen LogP contribution in [0.1, 0.15) is 22.3 Å². The molecule has 1 saturated heterocycles. The number of esters is 1. The Morgan fingerprint density at radius 2 is 1.67 bits per heavy atom. The molecule has 3 aromatic carbocycles. The Balaban J connectivity index is 1.28. The molecule has 8 nitrogen and oxygen atoms in total. The number of amides is 2. The number of benzene rings is 3. The molecule has 186 valence electrons. The highest BCUT2D eigenvalue weighted by Gasteiger charge is 2.35. The first kappa shape index (κ1) is 24.8. The van der Waals surface area contributed by atoms with E-state index < -0.39 is 11.9 Å². The minimum absolute atomic E-state index is 0.0728. The summed E-state index contributed by atoms with van der Waals surface area (Å²) in [6.07, 6.45) is 0.750. The van der Waals surface area contributed by atoms with Gasteiger partial charge in [-0.3, -0.25) is 14.4 Å². The molecule has 1 aliphatic heterocycles. The van der Waals surface area contributed by atoms with Gasteiger partial charge in [0.05, 0.1) is 20.1 Å². The number of likely N-dealkylation sites (tertiary alicyclic amines) is 1. The van der Waals surface area contributed by atoms with Gasteiger partial charge >= 0.3 is 5.97 Å². The van der Waals surface area contributed by atoms with Crippen molar-refractivity contribution < 1.29 is 28.6 Å². The number of carbonyl (C=O) groups excluding carboxylic acids is 3. The highest BCUT2D eigenvalue weighted by molar-refractivity contribution is 6.04. The van der Waals surface area contributed by atoms with Crippen molar-refractivity contribution in [1.82, 2.24) is 4.90 Å². The van der Waals surface area contributed by atoms with Gasteiger partial charge in [-0.1, -0.05) is 24.3 Å². The van der Waals surface area contributed by atoms with Crippen molar-refractivity contribution in [2.45, 2.75) is 12.8 Å². The van der Waals surface area contributed by atoms with Crippen molar-refractivity contribution in [2.75, 3.05) is 32.6 Å². The smallest absolute Gasteiger partial charge is 0.316 e. The van der Waals surface area contributed by atoms with Gasteiger partial charge in [-0.2, -0.15) is 0 Å². The zero-order valence-electron chi connectivity index (χ0n) is 20.2. The molecule has 0 aliphatic carbocycles. The van der Waals surface area contributed by atoms with E-state index >= 15 is 0 Å². The molecule has 0 bridgehead atoms.